The van der Waals surface area contributed by atoms with Gasteiger partial charge >= 0.3 is 0 Å². The van der Waals surface area contributed by atoms with Crippen molar-refractivity contribution in [3.8, 4) is 0 Å². The third-order valence-corrected chi connectivity index (χ3v) is 1.65. The number of allylic oxidation sites excluding steroid dienone is 4. The number of rotatable bonds is 4. The van der Waals surface area contributed by atoms with Crippen LogP contribution in [0, 0.1) is 0 Å². The lowest BCUT2D eigenvalue weighted by Gasteiger charge is -1.96. The van der Waals surface area contributed by atoms with Crippen LogP contribution in [0.15, 0.2) is 36.4 Å². The minimum absolute atomic E-state index is 0.0336. The quantitative estimate of drug-likeness (QED) is 0.350. The first-order valence-electron chi connectivity index (χ1n) is 2.95. The molecular formula is C8H10Cl2. The van der Waals surface area contributed by atoms with Crippen LogP contribution in [0.2, 0.25) is 0 Å². The molecule has 0 nitrogen and oxygen atoms in total. The van der Waals surface area contributed by atoms with Crippen molar-refractivity contribution in [2.75, 3.05) is 0 Å². The maximum absolute atomic E-state index is 5.71. The lowest BCUT2D eigenvalue weighted by molar-refractivity contribution is 1.06. The van der Waals surface area contributed by atoms with E-state index in [-0.39, 0.29) is 5.38 Å². The third kappa shape index (κ3) is 4.66. The summed E-state index contributed by atoms with van der Waals surface area (Å²) in [5.41, 5.74) is 0. The van der Waals surface area contributed by atoms with E-state index in [4.69, 9.17) is 23.2 Å². The molecule has 1 atom stereocenters. The van der Waals surface area contributed by atoms with Crippen LogP contribution in [-0.4, -0.2) is 5.38 Å². The molecule has 0 aliphatic heterocycles. The molecule has 1 unspecified atom stereocenters. The summed E-state index contributed by atoms with van der Waals surface area (Å²) >= 11 is 11.3. The molecule has 0 fully saturated rings. The molecule has 0 aromatic rings. The Bertz CT molecular complexity index is 147. The van der Waals surface area contributed by atoms with Gasteiger partial charge in [-0.15, -0.1) is 18.2 Å². The molecule has 0 radical (unpaired) electrons. The second kappa shape index (κ2) is 5.57. The van der Waals surface area contributed by atoms with Gasteiger partial charge in [-0.2, -0.15) is 0 Å². The molecule has 0 saturated carbocycles. The van der Waals surface area contributed by atoms with E-state index < -0.39 is 0 Å². The second-order valence-electron chi connectivity index (χ2n) is 1.78. The van der Waals surface area contributed by atoms with Gasteiger partial charge in [0, 0.05) is 5.03 Å². The van der Waals surface area contributed by atoms with E-state index in [1.165, 1.54) is 0 Å². The van der Waals surface area contributed by atoms with Crippen LogP contribution in [0.5, 0.6) is 0 Å². The van der Waals surface area contributed by atoms with Crippen LogP contribution in [0.25, 0.3) is 0 Å². The smallest absolute Gasteiger partial charge is 0.0548 e. The highest BCUT2D eigenvalue weighted by Crippen LogP contribution is 2.09. The Kier molecular flexibility index (Phi) is 5.46. The summed E-state index contributed by atoms with van der Waals surface area (Å²) in [6.45, 7) is 7.03. The summed E-state index contributed by atoms with van der Waals surface area (Å²) in [5.74, 6) is 0. The van der Waals surface area contributed by atoms with Crippen LogP contribution in [0.3, 0.4) is 0 Å². The van der Waals surface area contributed by atoms with Crippen molar-refractivity contribution in [1.82, 2.24) is 0 Å². The minimum Gasteiger partial charge on any atom is -0.118 e. The first-order valence-corrected chi connectivity index (χ1v) is 3.77. The van der Waals surface area contributed by atoms with Gasteiger partial charge < -0.3 is 0 Å². The third-order valence-electron chi connectivity index (χ3n) is 0.989. The summed E-state index contributed by atoms with van der Waals surface area (Å²) in [6, 6.07) is 0. The van der Waals surface area contributed by atoms with E-state index in [1.807, 2.05) is 6.08 Å². The van der Waals surface area contributed by atoms with Crippen LogP contribution in [0.1, 0.15) is 6.42 Å². The van der Waals surface area contributed by atoms with Gasteiger partial charge in [-0.25, -0.2) is 0 Å². The van der Waals surface area contributed by atoms with Crippen LogP contribution < -0.4 is 0 Å². The zero-order chi connectivity index (χ0) is 7.98. The predicted molar refractivity (Wildman–Crippen MR) is 48.6 cm³/mol. The van der Waals surface area contributed by atoms with Crippen molar-refractivity contribution in [3.05, 3.63) is 36.4 Å². The first kappa shape index (κ1) is 9.80. The second-order valence-corrected chi connectivity index (χ2v) is 2.78. The number of hydrogen-bond acceptors (Lipinski definition) is 0. The van der Waals surface area contributed by atoms with Gasteiger partial charge in [0.1, 0.15) is 0 Å². The molecule has 0 spiro atoms. The average Bonchev–Trinajstić information content (AvgIpc) is 1.99. The normalized spacial score (nSPS) is 14.4. The zero-order valence-electron chi connectivity index (χ0n) is 5.69. The Balaban J connectivity index is 3.70. The molecule has 2 heteroatoms. The molecule has 0 bridgehead atoms. The summed E-state index contributed by atoms with van der Waals surface area (Å²) in [4.78, 5) is 0. The standard InChI is InChI=1S/C8H10Cl2/c1-3-7(9)5-6-8(10)4-2/h3-5,8H,1-2,6H2. The highest BCUT2D eigenvalue weighted by Gasteiger charge is 1.93. The van der Waals surface area contributed by atoms with Crippen LogP contribution in [0.4, 0.5) is 0 Å². The fraction of sp³-hybridized carbons (Fsp3) is 0.250. The molecule has 0 aliphatic carbocycles. The summed E-state index contributed by atoms with van der Waals surface area (Å²) in [5, 5.41) is 0.598. The molecular weight excluding hydrogens is 167 g/mol. The molecule has 0 saturated heterocycles. The Hall–Kier alpha value is -0.200. The minimum atomic E-state index is -0.0336. The van der Waals surface area contributed by atoms with E-state index >= 15 is 0 Å². The number of halogens is 2. The molecule has 10 heavy (non-hydrogen) atoms. The summed E-state index contributed by atoms with van der Waals surface area (Å²) in [6.07, 6.45) is 5.77. The largest absolute Gasteiger partial charge is 0.118 e. The Morgan fingerprint density at radius 3 is 2.50 bits per heavy atom. The van der Waals surface area contributed by atoms with E-state index in [9.17, 15) is 0 Å². The van der Waals surface area contributed by atoms with Crippen molar-refractivity contribution in [3.63, 3.8) is 0 Å². The molecule has 0 rings (SSSR count). The summed E-state index contributed by atoms with van der Waals surface area (Å²) in [7, 11) is 0. The highest BCUT2D eigenvalue weighted by atomic mass is 35.5. The number of alkyl halides is 1. The molecule has 0 heterocycles. The average molecular weight is 177 g/mol. The Labute approximate surface area is 71.8 Å². The molecule has 56 valence electrons. The zero-order valence-corrected chi connectivity index (χ0v) is 7.20. The van der Waals surface area contributed by atoms with Crippen molar-refractivity contribution >= 4 is 23.2 Å². The lowest BCUT2D eigenvalue weighted by atomic mass is 10.3. The summed E-state index contributed by atoms with van der Waals surface area (Å²) < 4.78 is 0. The van der Waals surface area contributed by atoms with Crippen molar-refractivity contribution in [2.45, 2.75) is 11.8 Å². The Morgan fingerprint density at radius 2 is 2.10 bits per heavy atom. The van der Waals surface area contributed by atoms with Crippen LogP contribution in [-0.2, 0) is 0 Å². The van der Waals surface area contributed by atoms with Crippen molar-refractivity contribution in [2.24, 2.45) is 0 Å². The molecule has 0 aromatic heterocycles. The predicted octanol–water partition coefficient (Wildman–Crippen LogP) is 3.48. The maximum Gasteiger partial charge on any atom is 0.0548 e. The molecule has 0 aliphatic rings. The van der Waals surface area contributed by atoms with E-state index in [0.29, 0.717) is 11.5 Å². The van der Waals surface area contributed by atoms with Gasteiger partial charge in [0.2, 0.25) is 0 Å². The first-order chi connectivity index (χ1) is 4.70. The van der Waals surface area contributed by atoms with Gasteiger partial charge in [0.25, 0.3) is 0 Å². The van der Waals surface area contributed by atoms with Gasteiger partial charge in [0.15, 0.2) is 0 Å². The number of hydrogen-bond donors (Lipinski definition) is 0. The van der Waals surface area contributed by atoms with E-state index in [1.54, 1.807) is 12.2 Å². The fourth-order valence-electron chi connectivity index (χ4n) is 0.405. The van der Waals surface area contributed by atoms with Crippen LogP contribution >= 0.6 is 23.2 Å². The van der Waals surface area contributed by atoms with Gasteiger partial charge in [-0.3, -0.25) is 0 Å². The lowest BCUT2D eigenvalue weighted by Crippen LogP contribution is -1.88. The van der Waals surface area contributed by atoms with Gasteiger partial charge in [0.05, 0.1) is 5.38 Å². The van der Waals surface area contributed by atoms with Crippen molar-refractivity contribution < 1.29 is 0 Å². The molecule has 0 aromatic carbocycles. The topological polar surface area (TPSA) is 0 Å². The van der Waals surface area contributed by atoms with Gasteiger partial charge in [-0.05, 0) is 6.42 Å². The van der Waals surface area contributed by atoms with E-state index in [2.05, 4.69) is 13.2 Å². The highest BCUT2D eigenvalue weighted by molar-refractivity contribution is 6.31. The van der Waals surface area contributed by atoms with E-state index in [0.717, 1.165) is 0 Å². The molecule has 0 N–H and O–H groups in total. The monoisotopic (exact) mass is 176 g/mol. The fourth-order valence-corrected chi connectivity index (χ4v) is 0.583. The Morgan fingerprint density at radius 1 is 1.50 bits per heavy atom. The van der Waals surface area contributed by atoms with Gasteiger partial charge in [-0.1, -0.05) is 36.4 Å². The molecule has 0 amide bonds. The van der Waals surface area contributed by atoms with Crippen molar-refractivity contribution in [1.29, 1.82) is 0 Å². The SMILES string of the molecule is C=CC(Cl)=CCC(Cl)C=C. The maximum atomic E-state index is 5.71.